The first-order valence-corrected chi connectivity index (χ1v) is 11.0. The summed E-state index contributed by atoms with van der Waals surface area (Å²) in [7, 11) is 2.41. The largest absolute Gasteiger partial charge is 0.466 e. The smallest absolute Gasteiger partial charge is 0.355 e. The number of hydrogen-bond acceptors (Lipinski definition) is 9. The second-order valence-electron chi connectivity index (χ2n) is 7.84. The lowest BCUT2D eigenvalue weighted by atomic mass is 9.81. The number of rotatable bonds is 6. The Hall–Kier alpha value is -4.58. The van der Waals surface area contributed by atoms with Crippen molar-refractivity contribution in [1.29, 1.82) is 5.26 Å². The molecule has 0 aliphatic carbocycles. The van der Waals surface area contributed by atoms with Gasteiger partial charge in [0.15, 0.2) is 11.5 Å². The maximum absolute atomic E-state index is 13.1. The summed E-state index contributed by atoms with van der Waals surface area (Å²) in [5, 5.41) is 10.1. The molecule has 0 fully saturated rings. The van der Waals surface area contributed by atoms with E-state index in [0.717, 1.165) is 6.42 Å². The first-order valence-electron chi connectivity index (χ1n) is 11.0. The number of benzene rings is 2. The number of ether oxygens (including phenoxy) is 2. The molecule has 1 aliphatic rings. The summed E-state index contributed by atoms with van der Waals surface area (Å²) < 4.78 is 15.9. The number of anilines is 1. The number of aromatic nitrogens is 1. The van der Waals surface area contributed by atoms with Crippen LogP contribution in [0.25, 0.3) is 11.1 Å². The number of methoxy groups -OCH3 is 2. The second-order valence-corrected chi connectivity index (χ2v) is 7.84. The predicted molar refractivity (Wildman–Crippen MR) is 128 cm³/mol. The summed E-state index contributed by atoms with van der Waals surface area (Å²) in [5.41, 5.74) is 8.53. The minimum Gasteiger partial charge on any atom is -0.466 e. The first kappa shape index (κ1) is 23.6. The standard InChI is InChI=1S/C26H24N4O5/c1-4-8-20-29-18-12-11-16(13-19(18)35-20)30-23(26(32)34-3)22(25(31)33-2)21(17(14-27)24(30)28)15-9-6-5-7-10-15/h5-7,9-13,21H,4,8,28H2,1-3H3. The number of nitrogens with zero attached hydrogens (tertiary/aromatic N) is 3. The maximum Gasteiger partial charge on any atom is 0.355 e. The first-order chi connectivity index (χ1) is 16.9. The number of nitrogens with two attached hydrogens (primary N) is 1. The van der Waals surface area contributed by atoms with Crippen molar-refractivity contribution in [3.05, 3.63) is 82.6 Å². The van der Waals surface area contributed by atoms with Crippen LogP contribution in [0.15, 0.2) is 75.6 Å². The van der Waals surface area contributed by atoms with Crippen molar-refractivity contribution in [3.63, 3.8) is 0 Å². The van der Waals surface area contributed by atoms with Crippen LogP contribution in [-0.2, 0) is 25.5 Å². The zero-order chi connectivity index (χ0) is 25.1. The molecule has 0 radical (unpaired) electrons. The molecule has 0 bridgehead atoms. The van der Waals surface area contributed by atoms with Gasteiger partial charge in [-0.1, -0.05) is 37.3 Å². The summed E-state index contributed by atoms with van der Waals surface area (Å²) in [5.74, 6) is -1.94. The molecule has 0 saturated heterocycles. The molecule has 178 valence electrons. The van der Waals surface area contributed by atoms with Gasteiger partial charge in [0.2, 0.25) is 0 Å². The van der Waals surface area contributed by atoms with Crippen LogP contribution >= 0.6 is 0 Å². The molecule has 1 aliphatic heterocycles. The van der Waals surface area contributed by atoms with Crippen LogP contribution in [0.2, 0.25) is 0 Å². The van der Waals surface area contributed by atoms with Crippen molar-refractivity contribution in [2.75, 3.05) is 19.1 Å². The van der Waals surface area contributed by atoms with E-state index in [-0.39, 0.29) is 22.7 Å². The van der Waals surface area contributed by atoms with E-state index in [2.05, 4.69) is 11.1 Å². The van der Waals surface area contributed by atoms with Gasteiger partial charge in [0, 0.05) is 12.5 Å². The topological polar surface area (TPSA) is 132 Å². The van der Waals surface area contributed by atoms with Crippen molar-refractivity contribution < 1.29 is 23.5 Å². The third-order valence-corrected chi connectivity index (χ3v) is 5.75. The molecule has 2 heterocycles. The van der Waals surface area contributed by atoms with Gasteiger partial charge in [0.05, 0.1) is 43.0 Å². The van der Waals surface area contributed by atoms with E-state index in [9.17, 15) is 14.9 Å². The third kappa shape index (κ3) is 4.10. The highest BCUT2D eigenvalue weighted by Crippen LogP contribution is 2.43. The number of nitriles is 1. The highest BCUT2D eigenvalue weighted by molar-refractivity contribution is 6.06. The summed E-state index contributed by atoms with van der Waals surface area (Å²) in [6.45, 7) is 2.02. The minimum absolute atomic E-state index is 0.0120. The van der Waals surface area contributed by atoms with Crippen LogP contribution < -0.4 is 10.6 Å². The third-order valence-electron chi connectivity index (χ3n) is 5.75. The van der Waals surface area contributed by atoms with E-state index in [1.165, 1.54) is 19.1 Å². The molecule has 1 unspecified atom stereocenters. The van der Waals surface area contributed by atoms with Gasteiger partial charge in [0.1, 0.15) is 17.0 Å². The number of fused-ring (bicyclic) bond motifs is 1. The molecule has 9 nitrogen and oxygen atoms in total. The monoisotopic (exact) mass is 472 g/mol. The fourth-order valence-electron chi connectivity index (χ4n) is 4.20. The molecule has 35 heavy (non-hydrogen) atoms. The Morgan fingerprint density at radius 2 is 1.86 bits per heavy atom. The van der Waals surface area contributed by atoms with E-state index in [0.29, 0.717) is 34.7 Å². The number of oxazole rings is 1. The second kappa shape index (κ2) is 9.73. The van der Waals surface area contributed by atoms with Crippen LogP contribution in [0.4, 0.5) is 5.69 Å². The number of carbonyl (C=O) groups excluding carboxylic acids is 2. The Labute approximate surface area is 202 Å². The molecule has 2 N–H and O–H groups in total. The fourth-order valence-corrected chi connectivity index (χ4v) is 4.20. The minimum atomic E-state index is -0.927. The SMILES string of the molecule is CCCc1nc2ccc(N3C(N)=C(C#N)C(c4ccccc4)C(C(=O)OC)=C3C(=O)OC)cc2o1. The van der Waals surface area contributed by atoms with Gasteiger partial charge >= 0.3 is 11.9 Å². The average Bonchev–Trinajstić information content (AvgIpc) is 3.29. The number of esters is 2. The quantitative estimate of drug-likeness (QED) is 0.534. The Morgan fingerprint density at radius 1 is 1.14 bits per heavy atom. The zero-order valence-corrected chi connectivity index (χ0v) is 19.6. The van der Waals surface area contributed by atoms with Gasteiger partial charge < -0.3 is 19.6 Å². The Bertz CT molecular complexity index is 1400. The highest BCUT2D eigenvalue weighted by atomic mass is 16.5. The normalized spacial score (nSPS) is 15.8. The van der Waals surface area contributed by atoms with Gasteiger partial charge in [-0.25, -0.2) is 14.6 Å². The molecule has 0 saturated carbocycles. The van der Waals surface area contributed by atoms with Crippen LogP contribution in [0, 0.1) is 11.3 Å². The van der Waals surface area contributed by atoms with Crippen LogP contribution in [-0.4, -0.2) is 31.1 Å². The fraction of sp³-hybridized carbons (Fsp3) is 0.231. The summed E-state index contributed by atoms with van der Waals surface area (Å²) in [6.07, 6.45) is 1.54. The summed E-state index contributed by atoms with van der Waals surface area (Å²) in [4.78, 5) is 32.0. The Kier molecular flexibility index (Phi) is 6.55. The molecule has 0 spiro atoms. The predicted octanol–water partition coefficient (Wildman–Crippen LogP) is 3.68. The van der Waals surface area contributed by atoms with Crippen molar-refractivity contribution in [1.82, 2.24) is 4.98 Å². The molecule has 4 rings (SSSR count). The van der Waals surface area contributed by atoms with Gasteiger partial charge in [-0.2, -0.15) is 5.26 Å². The van der Waals surface area contributed by atoms with Gasteiger partial charge in [-0.05, 0) is 24.1 Å². The van der Waals surface area contributed by atoms with Crippen LogP contribution in [0.1, 0.15) is 30.7 Å². The lowest BCUT2D eigenvalue weighted by Gasteiger charge is -2.35. The van der Waals surface area contributed by atoms with E-state index < -0.39 is 17.9 Å². The molecule has 2 aromatic carbocycles. The van der Waals surface area contributed by atoms with Gasteiger partial charge in [-0.3, -0.25) is 4.90 Å². The lowest BCUT2D eigenvalue weighted by molar-refractivity contribution is -0.139. The van der Waals surface area contributed by atoms with Gasteiger partial charge in [-0.15, -0.1) is 0 Å². The number of carbonyl (C=O) groups is 2. The molecular weight excluding hydrogens is 448 g/mol. The molecular formula is C26H24N4O5. The number of hydrogen-bond donors (Lipinski definition) is 1. The Balaban J connectivity index is 2.01. The highest BCUT2D eigenvalue weighted by Gasteiger charge is 2.43. The molecule has 0 amide bonds. The molecule has 3 aromatic rings. The summed E-state index contributed by atoms with van der Waals surface area (Å²) in [6, 6.07) is 16.0. The Morgan fingerprint density at radius 3 is 2.49 bits per heavy atom. The van der Waals surface area contributed by atoms with E-state index in [1.54, 1.807) is 48.5 Å². The molecule has 9 heteroatoms. The van der Waals surface area contributed by atoms with Crippen molar-refractivity contribution in [2.24, 2.45) is 5.73 Å². The zero-order valence-electron chi connectivity index (χ0n) is 19.6. The average molecular weight is 473 g/mol. The molecule has 1 atom stereocenters. The van der Waals surface area contributed by atoms with E-state index in [1.807, 2.05) is 6.92 Å². The van der Waals surface area contributed by atoms with Crippen LogP contribution in [0.5, 0.6) is 0 Å². The lowest BCUT2D eigenvalue weighted by Crippen LogP contribution is -2.40. The maximum atomic E-state index is 13.1. The van der Waals surface area contributed by atoms with Gasteiger partial charge in [0.25, 0.3) is 0 Å². The van der Waals surface area contributed by atoms with Crippen molar-refractivity contribution >= 4 is 28.7 Å². The van der Waals surface area contributed by atoms with Crippen LogP contribution in [0.3, 0.4) is 0 Å². The molecule has 1 aromatic heterocycles. The summed E-state index contributed by atoms with van der Waals surface area (Å²) >= 11 is 0. The van der Waals surface area contributed by atoms with E-state index >= 15 is 0 Å². The van der Waals surface area contributed by atoms with E-state index in [4.69, 9.17) is 19.6 Å². The van der Waals surface area contributed by atoms with Crippen molar-refractivity contribution in [3.8, 4) is 6.07 Å². The number of aryl methyl sites for hydroxylation is 1. The number of allylic oxidation sites excluding steroid dienone is 1. The van der Waals surface area contributed by atoms with Crippen molar-refractivity contribution in [2.45, 2.75) is 25.7 Å².